The summed E-state index contributed by atoms with van der Waals surface area (Å²) in [6.07, 6.45) is 0.715. The highest BCUT2D eigenvalue weighted by atomic mass is 32.2. The molecule has 6 nitrogen and oxygen atoms in total. The number of hydrogen-bond acceptors (Lipinski definition) is 5. The Hall–Kier alpha value is -2.43. The van der Waals surface area contributed by atoms with E-state index in [1.54, 1.807) is 30.3 Å². The van der Waals surface area contributed by atoms with Gasteiger partial charge in [-0.25, -0.2) is 18.5 Å². The summed E-state index contributed by atoms with van der Waals surface area (Å²) >= 11 is 0. The number of primary sulfonamides is 1. The number of nitriles is 1. The lowest BCUT2D eigenvalue weighted by atomic mass is 10.0. The first-order valence-electron chi connectivity index (χ1n) is 6.70. The summed E-state index contributed by atoms with van der Waals surface area (Å²) in [4.78, 5) is 4.23. The van der Waals surface area contributed by atoms with E-state index in [9.17, 15) is 8.42 Å². The zero-order valence-electron chi connectivity index (χ0n) is 12.0. The smallest absolute Gasteiger partial charge is 0.238 e. The number of sulfonamides is 1. The number of nitrogens with zero attached hydrogens (tertiary/aromatic N) is 2. The normalized spacial score (nSPS) is 12.4. The number of nitrogens with two attached hydrogens (primary N) is 1. The van der Waals surface area contributed by atoms with Crippen molar-refractivity contribution < 1.29 is 8.42 Å². The third-order valence-corrected chi connectivity index (χ3v) is 4.09. The van der Waals surface area contributed by atoms with Gasteiger partial charge >= 0.3 is 0 Å². The van der Waals surface area contributed by atoms with Crippen LogP contribution < -0.4 is 10.5 Å². The van der Waals surface area contributed by atoms with E-state index in [0.29, 0.717) is 17.9 Å². The summed E-state index contributed by atoms with van der Waals surface area (Å²) < 4.78 is 22.9. The van der Waals surface area contributed by atoms with E-state index in [2.05, 4.69) is 10.3 Å². The molecule has 2 aromatic rings. The maximum Gasteiger partial charge on any atom is 0.238 e. The number of pyridine rings is 1. The van der Waals surface area contributed by atoms with Gasteiger partial charge in [0.15, 0.2) is 0 Å². The molecule has 0 unspecified atom stereocenters. The SMILES string of the molecule is CC[C@H](Nc1cccc(C#N)n1)c1cccc(S(N)(=O)=O)c1. The standard InChI is InChI=1S/C15H16N4O2S/c1-2-14(19-15-8-4-6-12(10-16)18-15)11-5-3-7-13(9-11)22(17,20)21/h3-9,14H,2H2,1H3,(H,18,19)(H2,17,20,21)/t14-/m0/s1. The highest BCUT2D eigenvalue weighted by molar-refractivity contribution is 7.89. The van der Waals surface area contributed by atoms with Crippen molar-refractivity contribution in [1.29, 1.82) is 5.26 Å². The Bertz CT molecular complexity index is 812. The van der Waals surface area contributed by atoms with Gasteiger partial charge in [0.1, 0.15) is 17.6 Å². The average Bonchev–Trinajstić information content (AvgIpc) is 2.52. The number of hydrogen-bond donors (Lipinski definition) is 2. The Labute approximate surface area is 129 Å². The molecule has 0 bridgehead atoms. The van der Waals surface area contributed by atoms with Gasteiger partial charge in [-0.3, -0.25) is 0 Å². The van der Waals surface area contributed by atoms with Crippen molar-refractivity contribution in [2.45, 2.75) is 24.3 Å². The molecular weight excluding hydrogens is 300 g/mol. The van der Waals surface area contributed by atoms with E-state index in [1.807, 2.05) is 19.1 Å². The Morgan fingerprint density at radius 1 is 1.32 bits per heavy atom. The summed E-state index contributed by atoms with van der Waals surface area (Å²) in [6.45, 7) is 1.97. The summed E-state index contributed by atoms with van der Waals surface area (Å²) in [7, 11) is -3.74. The van der Waals surface area contributed by atoms with E-state index in [1.165, 1.54) is 6.07 Å². The molecule has 0 aliphatic heterocycles. The Morgan fingerprint density at radius 2 is 2.05 bits per heavy atom. The number of rotatable bonds is 5. The van der Waals surface area contributed by atoms with E-state index in [-0.39, 0.29) is 10.9 Å². The van der Waals surface area contributed by atoms with Gasteiger partial charge in [-0.1, -0.05) is 25.1 Å². The molecule has 3 N–H and O–H groups in total. The molecule has 0 aliphatic rings. The fourth-order valence-electron chi connectivity index (χ4n) is 2.09. The Morgan fingerprint density at radius 3 is 2.68 bits per heavy atom. The molecule has 0 amide bonds. The van der Waals surface area contributed by atoms with Gasteiger partial charge in [-0.2, -0.15) is 5.26 Å². The monoisotopic (exact) mass is 316 g/mol. The van der Waals surface area contributed by atoms with Crippen LogP contribution in [-0.2, 0) is 10.0 Å². The largest absolute Gasteiger partial charge is 0.363 e. The summed E-state index contributed by atoms with van der Waals surface area (Å²) in [6, 6.07) is 13.4. The van der Waals surface area contributed by atoms with Crippen molar-refractivity contribution >= 4 is 15.8 Å². The first-order valence-corrected chi connectivity index (χ1v) is 8.25. The van der Waals surface area contributed by atoms with Crippen LogP contribution >= 0.6 is 0 Å². The topological polar surface area (TPSA) is 109 Å². The maximum absolute atomic E-state index is 11.4. The molecule has 0 fully saturated rings. The molecule has 7 heteroatoms. The molecule has 1 atom stereocenters. The minimum atomic E-state index is -3.74. The number of aromatic nitrogens is 1. The third-order valence-electron chi connectivity index (χ3n) is 3.18. The molecule has 1 aromatic carbocycles. The van der Waals surface area contributed by atoms with Crippen molar-refractivity contribution in [2.24, 2.45) is 5.14 Å². The number of anilines is 1. The van der Waals surface area contributed by atoms with E-state index in [4.69, 9.17) is 10.4 Å². The highest BCUT2D eigenvalue weighted by Crippen LogP contribution is 2.23. The zero-order chi connectivity index (χ0) is 16.2. The van der Waals surface area contributed by atoms with E-state index in [0.717, 1.165) is 5.56 Å². The van der Waals surface area contributed by atoms with Crippen molar-refractivity contribution in [3.63, 3.8) is 0 Å². The first-order chi connectivity index (χ1) is 10.4. The van der Waals surface area contributed by atoms with Gasteiger partial charge in [0.05, 0.1) is 10.9 Å². The second-order valence-corrected chi connectivity index (χ2v) is 6.30. The fraction of sp³-hybridized carbons (Fsp3) is 0.200. The molecule has 0 saturated carbocycles. The number of benzene rings is 1. The van der Waals surface area contributed by atoms with Crippen LogP contribution in [0.25, 0.3) is 0 Å². The lowest BCUT2D eigenvalue weighted by molar-refractivity contribution is 0.597. The van der Waals surface area contributed by atoms with Gasteiger partial charge in [0.2, 0.25) is 10.0 Å². The van der Waals surface area contributed by atoms with Crippen molar-refractivity contribution in [3.8, 4) is 6.07 Å². The van der Waals surface area contributed by atoms with Crippen molar-refractivity contribution in [2.75, 3.05) is 5.32 Å². The molecule has 0 spiro atoms. The van der Waals surface area contributed by atoms with E-state index < -0.39 is 10.0 Å². The molecule has 22 heavy (non-hydrogen) atoms. The highest BCUT2D eigenvalue weighted by Gasteiger charge is 2.14. The second-order valence-electron chi connectivity index (χ2n) is 4.74. The minimum Gasteiger partial charge on any atom is -0.363 e. The van der Waals surface area contributed by atoms with Crippen LogP contribution in [0.15, 0.2) is 47.4 Å². The molecule has 0 saturated heterocycles. The molecule has 114 valence electrons. The Balaban J connectivity index is 2.31. The average molecular weight is 316 g/mol. The summed E-state index contributed by atoms with van der Waals surface area (Å²) in [5, 5.41) is 17.2. The van der Waals surface area contributed by atoms with Crippen LogP contribution in [-0.4, -0.2) is 13.4 Å². The van der Waals surface area contributed by atoms with Crippen LogP contribution in [0.2, 0.25) is 0 Å². The molecule has 1 heterocycles. The van der Waals surface area contributed by atoms with Gasteiger partial charge < -0.3 is 5.32 Å². The second kappa shape index (κ2) is 6.56. The van der Waals surface area contributed by atoms with Crippen LogP contribution in [0.1, 0.15) is 30.6 Å². The van der Waals surface area contributed by atoms with Crippen LogP contribution in [0.4, 0.5) is 5.82 Å². The molecule has 2 rings (SSSR count). The van der Waals surface area contributed by atoms with Gasteiger partial charge in [-0.05, 0) is 36.2 Å². The zero-order valence-corrected chi connectivity index (χ0v) is 12.8. The van der Waals surface area contributed by atoms with Gasteiger partial charge in [-0.15, -0.1) is 0 Å². The first kappa shape index (κ1) is 15.9. The Kier molecular flexibility index (Phi) is 4.75. The lowest BCUT2D eigenvalue weighted by Crippen LogP contribution is -2.15. The van der Waals surface area contributed by atoms with Gasteiger partial charge in [0.25, 0.3) is 0 Å². The quantitative estimate of drug-likeness (QED) is 0.878. The maximum atomic E-state index is 11.4. The van der Waals surface area contributed by atoms with Crippen LogP contribution in [0.3, 0.4) is 0 Å². The molecule has 1 aromatic heterocycles. The lowest BCUT2D eigenvalue weighted by Gasteiger charge is -2.18. The third kappa shape index (κ3) is 3.81. The number of nitrogens with one attached hydrogen (secondary N) is 1. The van der Waals surface area contributed by atoms with Crippen molar-refractivity contribution in [1.82, 2.24) is 4.98 Å². The molecule has 0 radical (unpaired) electrons. The van der Waals surface area contributed by atoms with Crippen molar-refractivity contribution in [3.05, 3.63) is 53.7 Å². The van der Waals surface area contributed by atoms with Crippen LogP contribution in [0.5, 0.6) is 0 Å². The van der Waals surface area contributed by atoms with Crippen LogP contribution in [0, 0.1) is 11.3 Å². The predicted molar refractivity (Wildman–Crippen MR) is 83.4 cm³/mol. The molecule has 0 aliphatic carbocycles. The summed E-state index contributed by atoms with van der Waals surface area (Å²) in [5.74, 6) is 0.562. The fourth-order valence-corrected chi connectivity index (χ4v) is 2.65. The molecular formula is C15H16N4O2S. The minimum absolute atomic E-state index is 0.0731. The van der Waals surface area contributed by atoms with E-state index >= 15 is 0 Å². The van der Waals surface area contributed by atoms with Gasteiger partial charge in [0, 0.05) is 0 Å². The predicted octanol–water partition coefficient (Wildman–Crippen LogP) is 2.16. The summed E-state index contributed by atoms with van der Waals surface area (Å²) in [5.41, 5.74) is 1.11.